The molecule has 4 nitrogen and oxygen atoms in total. The van der Waals surface area contributed by atoms with Crippen LogP contribution in [0.3, 0.4) is 0 Å². The fourth-order valence-corrected chi connectivity index (χ4v) is 0.971. The molecule has 64 valence electrons. The number of hydroxylamine groups is 2. The van der Waals surface area contributed by atoms with Crippen molar-refractivity contribution in [3.63, 3.8) is 0 Å². The molecular formula is C7H14N2O2. The van der Waals surface area contributed by atoms with Gasteiger partial charge in [0.25, 0.3) is 0 Å². The average molecular weight is 158 g/mol. The molecule has 1 fully saturated rings. The van der Waals surface area contributed by atoms with Gasteiger partial charge in [-0.2, -0.15) is 0 Å². The first-order chi connectivity index (χ1) is 5.22. The van der Waals surface area contributed by atoms with Gasteiger partial charge in [0, 0.05) is 14.1 Å². The zero-order chi connectivity index (χ0) is 8.27. The van der Waals surface area contributed by atoms with Crippen molar-refractivity contribution in [1.82, 2.24) is 9.96 Å². The van der Waals surface area contributed by atoms with E-state index in [1.54, 1.807) is 14.1 Å². The van der Waals surface area contributed by atoms with E-state index in [1.165, 1.54) is 9.96 Å². The lowest BCUT2D eigenvalue weighted by Crippen LogP contribution is -2.41. The number of urea groups is 1. The number of amides is 2. The Morgan fingerprint density at radius 1 is 1.45 bits per heavy atom. The molecule has 0 aromatic carbocycles. The third-order valence-electron chi connectivity index (χ3n) is 1.60. The largest absolute Gasteiger partial charge is 0.343 e. The molecule has 1 aliphatic rings. The van der Waals surface area contributed by atoms with Gasteiger partial charge in [-0.1, -0.05) is 0 Å². The van der Waals surface area contributed by atoms with E-state index in [2.05, 4.69) is 0 Å². The van der Waals surface area contributed by atoms with Crippen molar-refractivity contribution in [2.75, 3.05) is 27.2 Å². The van der Waals surface area contributed by atoms with Crippen LogP contribution in [-0.4, -0.2) is 43.2 Å². The number of carbonyl (C=O) groups excluding carboxylic acids is 1. The second kappa shape index (κ2) is 3.57. The second-order valence-corrected chi connectivity index (χ2v) is 2.82. The number of carbonyl (C=O) groups is 1. The van der Waals surface area contributed by atoms with E-state index in [4.69, 9.17) is 4.84 Å². The molecule has 1 heterocycles. The van der Waals surface area contributed by atoms with Crippen molar-refractivity contribution in [1.29, 1.82) is 0 Å². The molecule has 0 bridgehead atoms. The summed E-state index contributed by atoms with van der Waals surface area (Å²) in [6, 6.07) is -0.0651. The van der Waals surface area contributed by atoms with Crippen molar-refractivity contribution in [3.8, 4) is 0 Å². The number of rotatable bonds is 0. The van der Waals surface area contributed by atoms with Crippen molar-refractivity contribution in [2.24, 2.45) is 0 Å². The topological polar surface area (TPSA) is 32.8 Å². The van der Waals surface area contributed by atoms with Crippen LogP contribution in [0.25, 0.3) is 0 Å². The summed E-state index contributed by atoms with van der Waals surface area (Å²) >= 11 is 0. The lowest BCUT2D eigenvalue weighted by molar-refractivity contribution is -0.145. The minimum absolute atomic E-state index is 0.0651. The highest BCUT2D eigenvalue weighted by Crippen LogP contribution is 2.06. The highest BCUT2D eigenvalue weighted by Gasteiger charge is 2.18. The summed E-state index contributed by atoms with van der Waals surface area (Å²) in [6.45, 7) is 1.39. The fourth-order valence-electron chi connectivity index (χ4n) is 0.971. The zero-order valence-electron chi connectivity index (χ0n) is 7.04. The summed E-state index contributed by atoms with van der Waals surface area (Å²) in [6.07, 6.45) is 2.09. The predicted molar refractivity (Wildman–Crippen MR) is 41.0 cm³/mol. The summed E-state index contributed by atoms with van der Waals surface area (Å²) < 4.78 is 0. The van der Waals surface area contributed by atoms with Gasteiger partial charge in [-0.25, -0.2) is 9.86 Å². The Labute approximate surface area is 66.7 Å². The molecule has 0 spiro atoms. The zero-order valence-corrected chi connectivity index (χ0v) is 7.04. The Morgan fingerprint density at radius 3 is 2.64 bits per heavy atom. The van der Waals surface area contributed by atoms with Crippen LogP contribution >= 0.6 is 0 Å². The molecule has 0 aliphatic carbocycles. The van der Waals surface area contributed by atoms with Crippen LogP contribution in [0.1, 0.15) is 12.8 Å². The van der Waals surface area contributed by atoms with E-state index in [1.807, 2.05) is 0 Å². The normalized spacial score (nSPS) is 18.2. The first-order valence-corrected chi connectivity index (χ1v) is 3.83. The van der Waals surface area contributed by atoms with Crippen LogP contribution in [0.15, 0.2) is 0 Å². The molecule has 0 saturated carbocycles. The number of nitrogens with zero attached hydrogens (tertiary/aromatic N) is 2. The maximum absolute atomic E-state index is 11.2. The van der Waals surface area contributed by atoms with Crippen LogP contribution in [0.4, 0.5) is 4.79 Å². The molecule has 0 radical (unpaired) electrons. The summed E-state index contributed by atoms with van der Waals surface area (Å²) in [4.78, 5) is 17.9. The van der Waals surface area contributed by atoms with Gasteiger partial charge >= 0.3 is 6.03 Å². The summed E-state index contributed by atoms with van der Waals surface area (Å²) in [5, 5.41) is 1.42. The molecule has 0 N–H and O–H groups in total. The summed E-state index contributed by atoms with van der Waals surface area (Å²) in [5.74, 6) is 0. The van der Waals surface area contributed by atoms with Crippen LogP contribution < -0.4 is 0 Å². The molecule has 0 aromatic rings. The molecule has 2 amide bonds. The third-order valence-corrected chi connectivity index (χ3v) is 1.60. The minimum Gasteiger partial charge on any atom is -0.329 e. The van der Waals surface area contributed by atoms with Crippen LogP contribution in [0.5, 0.6) is 0 Å². The summed E-state index contributed by atoms with van der Waals surface area (Å²) in [5.41, 5.74) is 0. The van der Waals surface area contributed by atoms with E-state index < -0.39 is 0 Å². The molecule has 4 heteroatoms. The molecule has 1 saturated heterocycles. The average Bonchev–Trinajstić information content (AvgIpc) is 2.05. The monoisotopic (exact) mass is 158 g/mol. The van der Waals surface area contributed by atoms with Crippen LogP contribution in [-0.2, 0) is 4.84 Å². The van der Waals surface area contributed by atoms with Crippen LogP contribution in [0, 0.1) is 0 Å². The van der Waals surface area contributed by atoms with Gasteiger partial charge < -0.3 is 4.90 Å². The van der Waals surface area contributed by atoms with Crippen molar-refractivity contribution < 1.29 is 9.63 Å². The molecule has 0 aromatic heterocycles. The van der Waals surface area contributed by atoms with E-state index in [0.717, 1.165) is 19.4 Å². The Hall–Kier alpha value is -0.770. The molecule has 1 rings (SSSR count). The first-order valence-electron chi connectivity index (χ1n) is 3.83. The lowest BCUT2D eigenvalue weighted by Gasteiger charge is -2.28. The number of hydrogen-bond donors (Lipinski definition) is 0. The van der Waals surface area contributed by atoms with Gasteiger partial charge in [-0.15, -0.1) is 0 Å². The Bertz CT molecular complexity index is 141. The Morgan fingerprint density at radius 2 is 2.18 bits per heavy atom. The van der Waals surface area contributed by atoms with Gasteiger partial charge in [0.15, 0.2) is 0 Å². The predicted octanol–water partition coefficient (Wildman–Crippen LogP) is 0.695. The van der Waals surface area contributed by atoms with E-state index in [9.17, 15) is 4.79 Å². The van der Waals surface area contributed by atoms with Gasteiger partial charge in [0.05, 0.1) is 13.2 Å². The van der Waals surface area contributed by atoms with E-state index in [-0.39, 0.29) is 6.03 Å². The highest BCUT2D eigenvalue weighted by molar-refractivity contribution is 5.72. The summed E-state index contributed by atoms with van der Waals surface area (Å²) in [7, 11) is 3.45. The SMILES string of the molecule is CN(C)C(=O)N1CCCCO1. The van der Waals surface area contributed by atoms with Gasteiger partial charge in [0.1, 0.15) is 0 Å². The fraction of sp³-hybridized carbons (Fsp3) is 0.857. The molecule has 1 aliphatic heterocycles. The maximum Gasteiger partial charge on any atom is 0.343 e. The smallest absolute Gasteiger partial charge is 0.329 e. The maximum atomic E-state index is 11.2. The quantitative estimate of drug-likeness (QED) is 0.519. The molecular weight excluding hydrogens is 144 g/mol. The standard InChI is InChI=1S/C7H14N2O2/c1-8(2)7(10)9-5-3-4-6-11-9/h3-6H2,1-2H3. The Balaban J connectivity index is 2.39. The van der Waals surface area contributed by atoms with Gasteiger partial charge in [0.2, 0.25) is 0 Å². The molecule has 11 heavy (non-hydrogen) atoms. The Kier molecular flexibility index (Phi) is 2.70. The van der Waals surface area contributed by atoms with Gasteiger partial charge in [-0.05, 0) is 12.8 Å². The van der Waals surface area contributed by atoms with Crippen molar-refractivity contribution in [2.45, 2.75) is 12.8 Å². The van der Waals surface area contributed by atoms with E-state index in [0.29, 0.717) is 6.61 Å². The van der Waals surface area contributed by atoms with Crippen molar-refractivity contribution in [3.05, 3.63) is 0 Å². The second-order valence-electron chi connectivity index (χ2n) is 2.82. The highest BCUT2D eigenvalue weighted by atomic mass is 16.7. The lowest BCUT2D eigenvalue weighted by atomic mass is 10.3. The first kappa shape index (κ1) is 8.33. The minimum atomic E-state index is -0.0651. The van der Waals surface area contributed by atoms with Gasteiger partial charge in [-0.3, -0.25) is 4.84 Å². The third kappa shape index (κ3) is 2.08. The number of hydrogen-bond acceptors (Lipinski definition) is 2. The van der Waals surface area contributed by atoms with E-state index >= 15 is 0 Å². The van der Waals surface area contributed by atoms with Crippen LogP contribution in [0.2, 0.25) is 0 Å². The van der Waals surface area contributed by atoms with Crippen molar-refractivity contribution >= 4 is 6.03 Å². The molecule has 0 atom stereocenters. The molecule has 0 unspecified atom stereocenters.